The largest absolute Gasteiger partial charge is 0.480 e. The summed E-state index contributed by atoms with van der Waals surface area (Å²) in [4.78, 5) is 23.8. The zero-order valence-corrected chi connectivity index (χ0v) is 13.2. The number of aliphatic carboxylic acids is 1. The molecule has 0 saturated heterocycles. The monoisotopic (exact) mass is 333 g/mol. The molecule has 1 heterocycles. The van der Waals surface area contributed by atoms with Crippen LogP contribution in [0.3, 0.4) is 0 Å². The van der Waals surface area contributed by atoms with Crippen LogP contribution in [0.25, 0.3) is 5.69 Å². The summed E-state index contributed by atoms with van der Waals surface area (Å²) in [5.74, 6) is -1.49. The predicted molar refractivity (Wildman–Crippen MR) is 84.8 cm³/mol. The third kappa shape index (κ3) is 3.07. The summed E-state index contributed by atoms with van der Waals surface area (Å²) < 4.78 is 1.52. The van der Waals surface area contributed by atoms with Gasteiger partial charge in [0.2, 0.25) is 0 Å². The summed E-state index contributed by atoms with van der Waals surface area (Å²) in [6.45, 7) is 1.55. The number of nitrogens with one attached hydrogen (secondary N) is 1. The minimum atomic E-state index is -1.24. The van der Waals surface area contributed by atoms with E-state index in [0.29, 0.717) is 10.6 Å². The highest BCUT2D eigenvalue weighted by Crippen LogP contribution is 2.39. The van der Waals surface area contributed by atoms with Crippen LogP contribution < -0.4 is 5.32 Å². The lowest BCUT2D eigenvalue weighted by Crippen LogP contribution is -2.53. The molecular formula is C16H16ClN3O3. The lowest BCUT2D eigenvalue weighted by Gasteiger charge is -2.25. The van der Waals surface area contributed by atoms with Gasteiger partial charge in [0.05, 0.1) is 17.4 Å². The maximum Gasteiger partial charge on any atom is 0.329 e. The standard InChI is InChI=1S/C16H16ClN3O3/c1-16(15(22)23,11-5-6-11)19-14(21)10-8-18-20(9-10)13-4-2-3-12(17)7-13/h2-4,7-9,11H,5-6H2,1H3,(H,19,21)(H,22,23)/t16-/m1/s1. The first-order chi connectivity index (χ1) is 10.9. The zero-order valence-electron chi connectivity index (χ0n) is 12.5. The van der Waals surface area contributed by atoms with Crippen molar-refractivity contribution < 1.29 is 14.7 Å². The van der Waals surface area contributed by atoms with Gasteiger partial charge in [0.15, 0.2) is 0 Å². The number of halogens is 1. The fraction of sp³-hybridized carbons (Fsp3) is 0.312. The molecule has 1 aromatic carbocycles. The molecule has 2 aromatic rings. The molecule has 1 saturated carbocycles. The van der Waals surface area contributed by atoms with Crippen LogP contribution in [0.1, 0.15) is 30.1 Å². The number of hydrogen-bond donors (Lipinski definition) is 2. The Morgan fingerprint density at radius 1 is 1.43 bits per heavy atom. The Kier molecular flexibility index (Phi) is 3.85. The number of aromatic nitrogens is 2. The molecule has 1 fully saturated rings. The molecule has 1 aromatic heterocycles. The van der Waals surface area contributed by atoms with Gasteiger partial charge < -0.3 is 10.4 Å². The van der Waals surface area contributed by atoms with E-state index in [1.165, 1.54) is 10.9 Å². The molecule has 1 atom stereocenters. The minimum Gasteiger partial charge on any atom is -0.480 e. The topological polar surface area (TPSA) is 84.2 Å². The van der Waals surface area contributed by atoms with Gasteiger partial charge >= 0.3 is 5.97 Å². The number of amides is 1. The Morgan fingerprint density at radius 3 is 2.78 bits per heavy atom. The summed E-state index contributed by atoms with van der Waals surface area (Å²) >= 11 is 5.94. The second-order valence-corrected chi connectivity index (χ2v) is 6.33. The van der Waals surface area contributed by atoms with Gasteiger partial charge in [-0.3, -0.25) is 4.79 Å². The van der Waals surface area contributed by atoms with Crippen molar-refractivity contribution in [2.75, 3.05) is 0 Å². The van der Waals surface area contributed by atoms with Crippen molar-refractivity contribution in [2.24, 2.45) is 5.92 Å². The molecule has 1 amide bonds. The van der Waals surface area contributed by atoms with Crippen LogP contribution >= 0.6 is 11.6 Å². The molecule has 2 N–H and O–H groups in total. The number of hydrogen-bond acceptors (Lipinski definition) is 3. The smallest absolute Gasteiger partial charge is 0.329 e. The van der Waals surface area contributed by atoms with Crippen molar-refractivity contribution in [3.05, 3.63) is 47.2 Å². The molecule has 3 rings (SSSR count). The summed E-state index contributed by atoms with van der Waals surface area (Å²) in [6, 6.07) is 7.07. The first-order valence-corrected chi connectivity index (χ1v) is 7.64. The molecule has 120 valence electrons. The molecule has 23 heavy (non-hydrogen) atoms. The number of benzene rings is 1. The van der Waals surface area contributed by atoms with E-state index in [-0.39, 0.29) is 5.92 Å². The van der Waals surface area contributed by atoms with Crippen LogP contribution in [0, 0.1) is 5.92 Å². The molecule has 1 aliphatic rings. The van der Waals surface area contributed by atoms with Gasteiger partial charge in [0, 0.05) is 11.2 Å². The van der Waals surface area contributed by atoms with Crippen LogP contribution in [0.5, 0.6) is 0 Å². The van der Waals surface area contributed by atoms with E-state index >= 15 is 0 Å². The number of carboxylic acid groups (broad SMARTS) is 1. The lowest BCUT2D eigenvalue weighted by molar-refractivity contribution is -0.144. The summed E-state index contributed by atoms with van der Waals surface area (Å²) in [7, 11) is 0. The highest BCUT2D eigenvalue weighted by molar-refractivity contribution is 6.30. The first-order valence-electron chi connectivity index (χ1n) is 7.26. The average Bonchev–Trinajstić information content (AvgIpc) is 3.24. The minimum absolute atomic E-state index is 0.0214. The second-order valence-electron chi connectivity index (χ2n) is 5.89. The van der Waals surface area contributed by atoms with Gasteiger partial charge in [-0.05, 0) is 43.9 Å². The highest BCUT2D eigenvalue weighted by Gasteiger charge is 2.48. The van der Waals surface area contributed by atoms with E-state index in [1.807, 2.05) is 6.07 Å². The normalized spacial score (nSPS) is 16.6. The average molecular weight is 334 g/mol. The maximum absolute atomic E-state index is 12.4. The van der Waals surface area contributed by atoms with Gasteiger partial charge in [-0.15, -0.1) is 0 Å². The van der Waals surface area contributed by atoms with E-state index < -0.39 is 17.4 Å². The first kappa shape index (κ1) is 15.6. The van der Waals surface area contributed by atoms with Crippen LogP contribution in [-0.4, -0.2) is 32.3 Å². The molecule has 0 aliphatic heterocycles. The number of carbonyl (C=O) groups is 2. The SMILES string of the molecule is C[C@](NC(=O)c1cnn(-c2cccc(Cl)c2)c1)(C(=O)O)C1CC1. The number of carbonyl (C=O) groups excluding carboxylic acids is 1. The number of carboxylic acids is 1. The van der Waals surface area contributed by atoms with E-state index in [4.69, 9.17) is 11.6 Å². The van der Waals surface area contributed by atoms with Crippen molar-refractivity contribution >= 4 is 23.5 Å². The van der Waals surface area contributed by atoms with Crippen LogP contribution in [-0.2, 0) is 4.79 Å². The Bertz CT molecular complexity index is 769. The van der Waals surface area contributed by atoms with Crippen molar-refractivity contribution in [3.8, 4) is 5.69 Å². The molecule has 7 heteroatoms. The Balaban J connectivity index is 1.80. The Morgan fingerprint density at radius 2 is 2.17 bits per heavy atom. The van der Waals surface area contributed by atoms with E-state index in [9.17, 15) is 14.7 Å². The summed E-state index contributed by atoms with van der Waals surface area (Å²) in [5.41, 5.74) is -0.215. The number of rotatable bonds is 5. The molecule has 0 spiro atoms. The van der Waals surface area contributed by atoms with Gasteiger partial charge in [0.1, 0.15) is 5.54 Å². The Labute approximate surface area is 138 Å². The Hall–Kier alpha value is -2.34. The van der Waals surface area contributed by atoms with Crippen molar-refractivity contribution in [2.45, 2.75) is 25.3 Å². The quantitative estimate of drug-likeness (QED) is 0.880. The molecule has 0 unspecified atom stereocenters. The second kappa shape index (κ2) is 5.70. The van der Waals surface area contributed by atoms with Gasteiger partial charge in [-0.1, -0.05) is 17.7 Å². The third-order valence-corrected chi connectivity index (χ3v) is 4.36. The fourth-order valence-corrected chi connectivity index (χ4v) is 2.68. The van der Waals surface area contributed by atoms with E-state index in [2.05, 4.69) is 10.4 Å². The molecule has 0 radical (unpaired) electrons. The van der Waals surface area contributed by atoms with Gasteiger partial charge in [-0.2, -0.15) is 5.10 Å². The van der Waals surface area contributed by atoms with Crippen molar-refractivity contribution in [3.63, 3.8) is 0 Å². The van der Waals surface area contributed by atoms with Gasteiger partial charge in [0.25, 0.3) is 5.91 Å². The van der Waals surface area contributed by atoms with Crippen LogP contribution in [0.4, 0.5) is 0 Å². The van der Waals surface area contributed by atoms with Crippen molar-refractivity contribution in [1.82, 2.24) is 15.1 Å². The number of nitrogens with zero attached hydrogens (tertiary/aromatic N) is 2. The fourth-order valence-electron chi connectivity index (χ4n) is 2.50. The molecule has 6 nitrogen and oxygen atoms in total. The summed E-state index contributed by atoms with van der Waals surface area (Å²) in [5, 5.41) is 16.7. The zero-order chi connectivity index (χ0) is 16.6. The predicted octanol–water partition coefficient (Wildman–Crippen LogP) is 2.51. The highest BCUT2D eigenvalue weighted by atomic mass is 35.5. The van der Waals surface area contributed by atoms with E-state index in [0.717, 1.165) is 18.5 Å². The van der Waals surface area contributed by atoms with Crippen molar-refractivity contribution in [1.29, 1.82) is 0 Å². The molecule has 0 bridgehead atoms. The lowest BCUT2D eigenvalue weighted by atomic mass is 9.95. The summed E-state index contributed by atoms with van der Waals surface area (Å²) in [6.07, 6.45) is 4.58. The molecule has 1 aliphatic carbocycles. The third-order valence-electron chi connectivity index (χ3n) is 4.13. The maximum atomic E-state index is 12.4. The van der Waals surface area contributed by atoms with E-state index in [1.54, 1.807) is 31.3 Å². The van der Waals surface area contributed by atoms with Crippen LogP contribution in [0.15, 0.2) is 36.7 Å². The van der Waals surface area contributed by atoms with Crippen LogP contribution in [0.2, 0.25) is 5.02 Å². The van der Waals surface area contributed by atoms with Gasteiger partial charge in [-0.25, -0.2) is 9.48 Å². The molecular weight excluding hydrogens is 318 g/mol.